The normalized spacial score (nSPS) is 12.8. The van der Waals surface area contributed by atoms with Gasteiger partial charge in [-0.3, -0.25) is 0 Å². The molecule has 2 N–H and O–H groups in total. The van der Waals surface area contributed by atoms with Crippen molar-refractivity contribution in [3.8, 4) is 0 Å². The van der Waals surface area contributed by atoms with Crippen molar-refractivity contribution in [1.29, 1.82) is 0 Å². The van der Waals surface area contributed by atoms with E-state index in [2.05, 4.69) is 15.9 Å². The van der Waals surface area contributed by atoms with Crippen molar-refractivity contribution in [3.05, 3.63) is 68.2 Å². The van der Waals surface area contributed by atoms with E-state index in [0.717, 1.165) is 20.1 Å². The van der Waals surface area contributed by atoms with Crippen molar-refractivity contribution < 1.29 is 4.39 Å². The fourth-order valence-corrected chi connectivity index (χ4v) is 4.02. The second-order valence-electron chi connectivity index (χ2n) is 4.45. The summed E-state index contributed by atoms with van der Waals surface area (Å²) in [7, 11) is 0. The van der Waals surface area contributed by atoms with Crippen LogP contribution in [0.1, 0.15) is 17.2 Å². The molecule has 0 saturated carbocycles. The molecule has 1 nitrogen and oxygen atoms in total. The van der Waals surface area contributed by atoms with Gasteiger partial charge in [0.15, 0.2) is 0 Å². The molecule has 1 heterocycles. The summed E-state index contributed by atoms with van der Waals surface area (Å²) >= 11 is 10.9. The van der Waals surface area contributed by atoms with Gasteiger partial charge in [0, 0.05) is 19.8 Å². The molecule has 3 rings (SSSR count). The minimum absolute atomic E-state index is 0.372. The van der Waals surface area contributed by atoms with Crippen LogP contribution in [-0.4, -0.2) is 0 Å². The monoisotopic (exact) mass is 369 g/mol. The van der Waals surface area contributed by atoms with Gasteiger partial charge in [-0.15, -0.1) is 11.3 Å². The van der Waals surface area contributed by atoms with E-state index in [0.29, 0.717) is 10.6 Å². The molecule has 0 aliphatic heterocycles. The number of fused-ring (bicyclic) bond motifs is 1. The van der Waals surface area contributed by atoms with Crippen LogP contribution in [0.4, 0.5) is 4.39 Å². The van der Waals surface area contributed by atoms with Crippen LogP contribution in [0.25, 0.3) is 10.1 Å². The molecular weight excluding hydrogens is 361 g/mol. The third-order valence-electron chi connectivity index (χ3n) is 3.21. The van der Waals surface area contributed by atoms with Crippen LogP contribution >= 0.6 is 38.9 Å². The summed E-state index contributed by atoms with van der Waals surface area (Å²) in [5.74, 6) is -0.376. The molecule has 0 aliphatic carbocycles. The molecule has 1 unspecified atom stereocenters. The molecule has 5 heteroatoms. The minimum Gasteiger partial charge on any atom is -0.320 e. The number of benzene rings is 2. The van der Waals surface area contributed by atoms with Crippen molar-refractivity contribution >= 4 is 49.0 Å². The molecule has 20 heavy (non-hydrogen) atoms. The first kappa shape index (κ1) is 14.0. The van der Waals surface area contributed by atoms with E-state index in [1.54, 1.807) is 23.5 Å². The number of halogens is 3. The molecule has 0 spiro atoms. The Morgan fingerprint density at radius 2 is 2.00 bits per heavy atom. The van der Waals surface area contributed by atoms with Crippen LogP contribution in [-0.2, 0) is 0 Å². The van der Waals surface area contributed by atoms with E-state index in [-0.39, 0.29) is 5.82 Å². The lowest BCUT2D eigenvalue weighted by Crippen LogP contribution is -2.13. The topological polar surface area (TPSA) is 26.0 Å². The van der Waals surface area contributed by atoms with Gasteiger partial charge in [-0.2, -0.15) is 0 Å². The molecule has 102 valence electrons. The first-order valence-corrected chi connectivity index (χ1v) is 7.99. The molecule has 0 bridgehead atoms. The average molecular weight is 371 g/mol. The maximum Gasteiger partial charge on any atom is 0.129 e. The number of hydrogen-bond acceptors (Lipinski definition) is 2. The van der Waals surface area contributed by atoms with E-state index >= 15 is 0 Å². The summed E-state index contributed by atoms with van der Waals surface area (Å²) in [6.45, 7) is 0. The highest BCUT2D eigenvalue weighted by molar-refractivity contribution is 9.10. The number of rotatable bonds is 2. The quantitative estimate of drug-likeness (QED) is 0.633. The lowest BCUT2D eigenvalue weighted by molar-refractivity contribution is 0.600. The summed E-state index contributed by atoms with van der Waals surface area (Å²) in [6, 6.07) is 10.0. The Morgan fingerprint density at radius 1 is 1.20 bits per heavy atom. The van der Waals surface area contributed by atoms with Crippen LogP contribution in [0.2, 0.25) is 5.02 Å². The summed E-state index contributed by atoms with van der Waals surface area (Å²) in [5, 5.41) is 3.40. The second kappa shape index (κ2) is 5.45. The Balaban J connectivity index is 2.13. The van der Waals surface area contributed by atoms with Crippen molar-refractivity contribution in [3.63, 3.8) is 0 Å². The highest BCUT2D eigenvalue weighted by atomic mass is 79.9. The maximum atomic E-state index is 14.0. The summed E-state index contributed by atoms with van der Waals surface area (Å²) < 4.78 is 16.1. The zero-order chi connectivity index (χ0) is 14.3. The largest absolute Gasteiger partial charge is 0.320 e. The van der Waals surface area contributed by atoms with E-state index in [9.17, 15) is 4.39 Å². The van der Waals surface area contributed by atoms with E-state index in [4.69, 9.17) is 17.3 Å². The fourth-order valence-electron chi connectivity index (χ4n) is 2.20. The van der Waals surface area contributed by atoms with Gasteiger partial charge < -0.3 is 5.73 Å². The van der Waals surface area contributed by atoms with Gasteiger partial charge in [-0.05, 0) is 50.5 Å². The molecule has 2 aromatic carbocycles. The number of nitrogens with two attached hydrogens (primary N) is 1. The molecule has 3 aromatic rings. The van der Waals surface area contributed by atoms with Gasteiger partial charge in [-0.25, -0.2) is 4.39 Å². The van der Waals surface area contributed by atoms with E-state index in [1.807, 2.05) is 23.6 Å². The third kappa shape index (κ3) is 2.37. The highest BCUT2D eigenvalue weighted by Crippen LogP contribution is 2.37. The zero-order valence-electron chi connectivity index (χ0n) is 10.2. The van der Waals surface area contributed by atoms with Crippen molar-refractivity contribution in [1.82, 2.24) is 0 Å². The van der Waals surface area contributed by atoms with Gasteiger partial charge in [0.2, 0.25) is 0 Å². The Hall–Kier alpha value is -0.940. The third-order valence-corrected chi connectivity index (χ3v) is 5.42. The maximum absolute atomic E-state index is 14.0. The Kier molecular flexibility index (Phi) is 3.82. The lowest BCUT2D eigenvalue weighted by atomic mass is 9.99. The van der Waals surface area contributed by atoms with Gasteiger partial charge in [-0.1, -0.05) is 29.8 Å². The zero-order valence-corrected chi connectivity index (χ0v) is 13.4. The van der Waals surface area contributed by atoms with Gasteiger partial charge in [0.05, 0.1) is 6.04 Å². The highest BCUT2D eigenvalue weighted by Gasteiger charge is 2.18. The first-order valence-electron chi connectivity index (χ1n) is 5.94. The van der Waals surface area contributed by atoms with Crippen LogP contribution in [0, 0.1) is 5.82 Å². The fraction of sp³-hybridized carbons (Fsp3) is 0.0667. The Morgan fingerprint density at radius 3 is 2.75 bits per heavy atom. The number of thiophene rings is 1. The minimum atomic E-state index is -0.504. The second-order valence-corrected chi connectivity index (χ2v) is 6.62. The summed E-state index contributed by atoms with van der Waals surface area (Å²) in [4.78, 5) is 0. The van der Waals surface area contributed by atoms with E-state index < -0.39 is 6.04 Å². The SMILES string of the molecule is NC(c1ccc(Cl)cc1F)c1csc2c(Br)cccc12. The molecule has 0 fully saturated rings. The lowest BCUT2D eigenvalue weighted by Gasteiger charge is -2.13. The van der Waals surface area contributed by atoms with Crippen molar-refractivity contribution in [2.24, 2.45) is 5.73 Å². The molecule has 0 saturated heterocycles. The molecular formula is C15H10BrClFNS. The predicted molar refractivity (Wildman–Crippen MR) is 87.0 cm³/mol. The predicted octanol–water partition coefficient (Wildman–Crippen LogP) is 5.50. The van der Waals surface area contributed by atoms with Crippen LogP contribution in [0.3, 0.4) is 0 Å². The van der Waals surface area contributed by atoms with E-state index in [1.165, 1.54) is 6.07 Å². The van der Waals surface area contributed by atoms with Crippen molar-refractivity contribution in [2.75, 3.05) is 0 Å². The van der Waals surface area contributed by atoms with Crippen LogP contribution in [0.5, 0.6) is 0 Å². The summed E-state index contributed by atoms with van der Waals surface area (Å²) in [6.07, 6.45) is 0. The smallest absolute Gasteiger partial charge is 0.129 e. The van der Waals surface area contributed by atoms with Gasteiger partial charge in [0.1, 0.15) is 5.82 Å². The van der Waals surface area contributed by atoms with Crippen LogP contribution < -0.4 is 5.73 Å². The molecule has 0 radical (unpaired) electrons. The molecule has 1 atom stereocenters. The number of hydrogen-bond donors (Lipinski definition) is 1. The Labute approximate surface area is 133 Å². The average Bonchev–Trinajstić information content (AvgIpc) is 2.83. The van der Waals surface area contributed by atoms with Crippen molar-refractivity contribution in [2.45, 2.75) is 6.04 Å². The Bertz CT molecular complexity index is 787. The molecule has 0 aliphatic rings. The van der Waals surface area contributed by atoms with Crippen LogP contribution in [0.15, 0.2) is 46.3 Å². The van der Waals surface area contributed by atoms with Gasteiger partial charge in [0.25, 0.3) is 0 Å². The van der Waals surface area contributed by atoms with Gasteiger partial charge >= 0.3 is 0 Å². The molecule has 1 aromatic heterocycles. The molecule has 0 amide bonds. The summed E-state index contributed by atoms with van der Waals surface area (Å²) in [5.41, 5.74) is 7.61. The first-order chi connectivity index (χ1) is 9.58. The standard InChI is InChI=1S/C15H10BrClFNS/c16-12-3-1-2-9-11(7-20-15(9)12)14(19)10-5-4-8(17)6-13(10)18/h1-7,14H,19H2.